The van der Waals surface area contributed by atoms with E-state index in [4.69, 9.17) is 21.4 Å². The highest BCUT2D eigenvalue weighted by Gasteiger charge is 2.21. The van der Waals surface area contributed by atoms with Crippen LogP contribution in [0.4, 0.5) is 5.82 Å². The third kappa shape index (κ3) is 3.58. The van der Waals surface area contributed by atoms with Crippen molar-refractivity contribution < 1.29 is 14.6 Å². The van der Waals surface area contributed by atoms with E-state index in [0.29, 0.717) is 11.7 Å². The molecular weight excluding hydrogens is 268 g/mol. The number of anilines is 1. The van der Waals surface area contributed by atoms with Crippen molar-refractivity contribution in [3.05, 3.63) is 22.8 Å². The Morgan fingerprint density at radius 2 is 2.21 bits per heavy atom. The van der Waals surface area contributed by atoms with Crippen LogP contribution in [0.5, 0.6) is 0 Å². The van der Waals surface area contributed by atoms with Crippen LogP contribution in [0.2, 0.25) is 5.15 Å². The maximum absolute atomic E-state index is 11.0. The van der Waals surface area contributed by atoms with E-state index < -0.39 is 5.97 Å². The van der Waals surface area contributed by atoms with Crippen molar-refractivity contribution >= 4 is 23.4 Å². The predicted molar refractivity (Wildman–Crippen MR) is 73.0 cm³/mol. The van der Waals surface area contributed by atoms with E-state index in [0.717, 1.165) is 32.5 Å². The van der Waals surface area contributed by atoms with Gasteiger partial charge < -0.3 is 14.7 Å². The second-order valence-corrected chi connectivity index (χ2v) is 5.11. The van der Waals surface area contributed by atoms with Crippen LogP contribution in [-0.2, 0) is 4.74 Å². The number of piperidine rings is 1. The molecule has 1 fully saturated rings. The van der Waals surface area contributed by atoms with Gasteiger partial charge in [-0.15, -0.1) is 0 Å². The van der Waals surface area contributed by atoms with Crippen molar-refractivity contribution in [2.75, 3.05) is 31.7 Å². The Kier molecular flexibility index (Phi) is 4.61. The van der Waals surface area contributed by atoms with Crippen molar-refractivity contribution in [2.45, 2.75) is 12.8 Å². The van der Waals surface area contributed by atoms with Crippen molar-refractivity contribution in [2.24, 2.45) is 5.92 Å². The molecule has 0 saturated carbocycles. The fourth-order valence-corrected chi connectivity index (χ4v) is 2.54. The summed E-state index contributed by atoms with van der Waals surface area (Å²) in [5, 5.41) is 9.24. The van der Waals surface area contributed by atoms with Gasteiger partial charge in [0.05, 0.1) is 5.56 Å². The van der Waals surface area contributed by atoms with Gasteiger partial charge in [-0.1, -0.05) is 11.6 Å². The number of methoxy groups -OCH3 is 1. The number of carboxylic acids is 1. The highest BCUT2D eigenvalue weighted by molar-refractivity contribution is 6.29. The Bertz CT molecular complexity index is 459. The summed E-state index contributed by atoms with van der Waals surface area (Å²) in [5.41, 5.74) is 0.175. The predicted octanol–water partition coefficient (Wildman–Crippen LogP) is 2.30. The number of pyridine rings is 1. The molecule has 5 nitrogen and oxygen atoms in total. The zero-order chi connectivity index (χ0) is 13.8. The number of hydrogen-bond acceptors (Lipinski definition) is 4. The first-order valence-electron chi connectivity index (χ1n) is 6.25. The maximum atomic E-state index is 11.0. The lowest BCUT2D eigenvalue weighted by molar-refractivity contribution is 0.0696. The van der Waals surface area contributed by atoms with Gasteiger partial charge in [0, 0.05) is 26.8 Å². The van der Waals surface area contributed by atoms with Gasteiger partial charge in [-0.05, 0) is 30.9 Å². The molecular formula is C13H17ClN2O3. The lowest BCUT2D eigenvalue weighted by atomic mass is 9.98. The summed E-state index contributed by atoms with van der Waals surface area (Å²) in [7, 11) is 1.71. The van der Waals surface area contributed by atoms with Gasteiger partial charge in [-0.3, -0.25) is 0 Å². The lowest BCUT2D eigenvalue weighted by Crippen LogP contribution is -2.35. The van der Waals surface area contributed by atoms with Crippen molar-refractivity contribution in [1.82, 2.24) is 4.98 Å². The molecule has 0 unspecified atom stereocenters. The van der Waals surface area contributed by atoms with E-state index in [1.807, 2.05) is 0 Å². The topological polar surface area (TPSA) is 62.7 Å². The fraction of sp³-hybridized carbons (Fsp3) is 0.538. The first-order chi connectivity index (χ1) is 9.10. The number of rotatable bonds is 4. The summed E-state index contributed by atoms with van der Waals surface area (Å²) in [4.78, 5) is 17.3. The van der Waals surface area contributed by atoms with Gasteiger partial charge in [-0.2, -0.15) is 0 Å². The fourth-order valence-electron chi connectivity index (χ4n) is 2.33. The first-order valence-corrected chi connectivity index (χ1v) is 6.62. The molecule has 0 spiro atoms. The van der Waals surface area contributed by atoms with Gasteiger partial charge >= 0.3 is 5.97 Å². The summed E-state index contributed by atoms with van der Waals surface area (Å²) in [6.07, 6.45) is 2.04. The molecule has 0 bridgehead atoms. The van der Waals surface area contributed by atoms with Crippen LogP contribution in [0.3, 0.4) is 0 Å². The van der Waals surface area contributed by atoms with Gasteiger partial charge in [0.25, 0.3) is 0 Å². The van der Waals surface area contributed by atoms with E-state index in [-0.39, 0.29) is 10.7 Å². The minimum absolute atomic E-state index is 0.175. The van der Waals surface area contributed by atoms with Crippen molar-refractivity contribution in [3.63, 3.8) is 0 Å². The molecule has 6 heteroatoms. The van der Waals surface area contributed by atoms with Crippen LogP contribution in [0.15, 0.2) is 12.1 Å². The Hall–Kier alpha value is -1.33. The molecule has 0 aliphatic carbocycles. The Morgan fingerprint density at radius 3 is 2.79 bits per heavy atom. The zero-order valence-electron chi connectivity index (χ0n) is 10.8. The molecule has 1 aliphatic rings. The van der Waals surface area contributed by atoms with E-state index in [9.17, 15) is 4.79 Å². The van der Waals surface area contributed by atoms with Gasteiger partial charge in [0.2, 0.25) is 0 Å². The number of ether oxygens (including phenoxy) is 1. The van der Waals surface area contributed by atoms with Crippen LogP contribution in [0, 0.1) is 5.92 Å². The monoisotopic (exact) mass is 284 g/mol. The van der Waals surface area contributed by atoms with Crippen LogP contribution >= 0.6 is 11.6 Å². The number of halogens is 1. The quantitative estimate of drug-likeness (QED) is 0.860. The Labute approximate surface area is 117 Å². The van der Waals surface area contributed by atoms with E-state index in [1.54, 1.807) is 13.2 Å². The van der Waals surface area contributed by atoms with E-state index >= 15 is 0 Å². The number of carboxylic acid groups (broad SMARTS) is 1. The zero-order valence-corrected chi connectivity index (χ0v) is 11.6. The summed E-state index contributed by atoms with van der Waals surface area (Å²) in [5.74, 6) is 0.222. The highest BCUT2D eigenvalue weighted by Crippen LogP contribution is 2.24. The normalized spacial score (nSPS) is 16.6. The molecule has 104 valence electrons. The van der Waals surface area contributed by atoms with Crippen LogP contribution in [-0.4, -0.2) is 42.9 Å². The van der Waals surface area contributed by atoms with Crippen LogP contribution in [0.1, 0.15) is 23.2 Å². The van der Waals surface area contributed by atoms with Crippen molar-refractivity contribution in [3.8, 4) is 0 Å². The molecule has 0 aromatic carbocycles. The standard InChI is InChI=1S/C13H17ClN2O3/c1-19-8-9-2-4-16(5-3-9)12-7-10(13(17)18)6-11(14)15-12/h6-7,9H,2-5,8H2,1H3,(H,17,18). The number of nitrogens with zero attached hydrogens (tertiary/aromatic N) is 2. The second-order valence-electron chi connectivity index (χ2n) is 4.73. The molecule has 0 radical (unpaired) electrons. The molecule has 1 aromatic rings. The molecule has 2 rings (SSSR count). The van der Waals surface area contributed by atoms with Crippen molar-refractivity contribution in [1.29, 1.82) is 0 Å². The molecule has 0 amide bonds. The number of carbonyl (C=O) groups is 1. The number of aromatic carboxylic acids is 1. The van der Waals surface area contributed by atoms with E-state index in [1.165, 1.54) is 6.07 Å². The lowest BCUT2D eigenvalue weighted by Gasteiger charge is -2.32. The highest BCUT2D eigenvalue weighted by atomic mass is 35.5. The third-order valence-corrected chi connectivity index (χ3v) is 3.56. The summed E-state index contributed by atoms with van der Waals surface area (Å²) < 4.78 is 5.16. The summed E-state index contributed by atoms with van der Waals surface area (Å²) >= 11 is 5.87. The third-order valence-electron chi connectivity index (χ3n) is 3.37. The minimum Gasteiger partial charge on any atom is -0.478 e. The first kappa shape index (κ1) is 14.1. The average Bonchev–Trinajstić information content (AvgIpc) is 2.39. The minimum atomic E-state index is -0.986. The van der Waals surface area contributed by atoms with Gasteiger partial charge in [0.1, 0.15) is 11.0 Å². The molecule has 19 heavy (non-hydrogen) atoms. The van der Waals surface area contributed by atoms with E-state index in [2.05, 4.69) is 9.88 Å². The number of hydrogen-bond donors (Lipinski definition) is 1. The Balaban J connectivity index is 2.09. The Morgan fingerprint density at radius 1 is 1.53 bits per heavy atom. The molecule has 1 aliphatic heterocycles. The number of aromatic nitrogens is 1. The van der Waals surface area contributed by atoms with Crippen LogP contribution in [0.25, 0.3) is 0 Å². The SMILES string of the molecule is COCC1CCN(c2cc(C(=O)O)cc(Cl)n2)CC1. The molecule has 1 aromatic heterocycles. The average molecular weight is 285 g/mol. The summed E-state index contributed by atoms with van der Waals surface area (Å²) in [6, 6.07) is 2.94. The molecule has 0 atom stereocenters. The van der Waals surface area contributed by atoms with Crippen LogP contribution < -0.4 is 4.90 Å². The molecule has 1 N–H and O–H groups in total. The van der Waals surface area contributed by atoms with Gasteiger partial charge in [0.15, 0.2) is 0 Å². The summed E-state index contributed by atoms with van der Waals surface area (Å²) in [6.45, 7) is 2.47. The molecule has 1 saturated heterocycles. The largest absolute Gasteiger partial charge is 0.478 e. The van der Waals surface area contributed by atoms with Gasteiger partial charge in [-0.25, -0.2) is 9.78 Å². The smallest absolute Gasteiger partial charge is 0.335 e. The second kappa shape index (κ2) is 6.21. The maximum Gasteiger partial charge on any atom is 0.335 e. The molecule has 2 heterocycles.